The van der Waals surface area contributed by atoms with Crippen molar-refractivity contribution < 1.29 is 4.79 Å². The Kier molecular flexibility index (Phi) is 3.11. The van der Waals surface area contributed by atoms with Crippen LogP contribution in [0.4, 0.5) is 0 Å². The van der Waals surface area contributed by atoms with E-state index in [4.69, 9.17) is 0 Å². The van der Waals surface area contributed by atoms with E-state index in [2.05, 4.69) is 37.3 Å². The molecule has 0 spiro atoms. The molecule has 0 unspecified atom stereocenters. The van der Waals surface area contributed by atoms with Crippen molar-refractivity contribution in [3.63, 3.8) is 0 Å². The normalized spacial score (nSPS) is 10.7. The van der Waals surface area contributed by atoms with Gasteiger partial charge in [0.2, 0.25) is 0 Å². The first-order chi connectivity index (χ1) is 9.68. The quantitative estimate of drug-likeness (QED) is 0.591. The minimum Gasteiger partial charge on any atom is -0.294 e. The second kappa shape index (κ2) is 4.93. The van der Waals surface area contributed by atoms with Crippen molar-refractivity contribution in [2.45, 2.75) is 13.8 Å². The summed E-state index contributed by atoms with van der Waals surface area (Å²) < 4.78 is 0. The average Bonchev–Trinajstić information content (AvgIpc) is 2.48. The number of carbonyl (C=O) groups excluding carboxylic acids is 1. The maximum Gasteiger partial charge on any atom is 0.160 e. The number of rotatable bonds is 2. The van der Waals surface area contributed by atoms with Gasteiger partial charge in [-0.25, -0.2) is 0 Å². The molecule has 0 bridgehead atoms. The van der Waals surface area contributed by atoms with Crippen LogP contribution in [0.1, 0.15) is 22.8 Å². The zero-order chi connectivity index (χ0) is 14.1. The molecule has 1 heteroatoms. The Balaban J connectivity index is 2.37. The summed E-state index contributed by atoms with van der Waals surface area (Å²) in [5.41, 5.74) is 4.17. The van der Waals surface area contributed by atoms with Gasteiger partial charge in [0.25, 0.3) is 0 Å². The van der Waals surface area contributed by atoms with E-state index >= 15 is 0 Å². The smallest absolute Gasteiger partial charge is 0.160 e. The minimum absolute atomic E-state index is 0.102. The maximum atomic E-state index is 11.8. The second-order valence-corrected chi connectivity index (χ2v) is 5.08. The Labute approximate surface area is 118 Å². The third-order valence-electron chi connectivity index (χ3n) is 3.74. The molecule has 0 aromatic heterocycles. The van der Waals surface area contributed by atoms with Gasteiger partial charge < -0.3 is 0 Å². The van der Waals surface area contributed by atoms with Gasteiger partial charge in [-0.05, 0) is 41.3 Å². The molecular weight excluding hydrogens is 244 g/mol. The van der Waals surface area contributed by atoms with Gasteiger partial charge in [0.1, 0.15) is 0 Å². The van der Waals surface area contributed by atoms with Crippen molar-refractivity contribution in [3.05, 3.63) is 71.8 Å². The average molecular weight is 260 g/mol. The van der Waals surface area contributed by atoms with Crippen molar-refractivity contribution in [1.29, 1.82) is 0 Å². The van der Waals surface area contributed by atoms with Crippen LogP contribution in [0.5, 0.6) is 0 Å². The predicted molar refractivity (Wildman–Crippen MR) is 84.1 cm³/mol. The minimum atomic E-state index is 0.102. The summed E-state index contributed by atoms with van der Waals surface area (Å²) in [7, 11) is 0. The Morgan fingerprint density at radius 1 is 0.750 bits per heavy atom. The molecule has 0 atom stereocenters. The molecule has 98 valence electrons. The van der Waals surface area contributed by atoms with Crippen LogP contribution in [-0.4, -0.2) is 5.78 Å². The molecular formula is C19H16O. The van der Waals surface area contributed by atoms with E-state index in [1.54, 1.807) is 6.92 Å². The number of aryl methyl sites for hydroxylation is 1. The van der Waals surface area contributed by atoms with Crippen molar-refractivity contribution in [3.8, 4) is 11.1 Å². The number of Topliss-reactive ketones (excluding diaryl/α,β-unsaturated/α-hetero) is 1. The molecule has 3 rings (SSSR count). The highest BCUT2D eigenvalue weighted by molar-refractivity contribution is 6.06. The zero-order valence-electron chi connectivity index (χ0n) is 11.7. The van der Waals surface area contributed by atoms with Gasteiger partial charge in [-0.1, -0.05) is 60.7 Å². The number of hydrogen-bond donors (Lipinski definition) is 0. The highest BCUT2D eigenvalue weighted by Crippen LogP contribution is 2.32. The molecule has 0 saturated heterocycles. The van der Waals surface area contributed by atoms with E-state index < -0.39 is 0 Å². The van der Waals surface area contributed by atoms with Gasteiger partial charge in [0.05, 0.1) is 0 Å². The fraction of sp³-hybridized carbons (Fsp3) is 0.105. The lowest BCUT2D eigenvalue weighted by Gasteiger charge is -2.12. The lowest BCUT2D eigenvalue weighted by atomic mass is 9.92. The van der Waals surface area contributed by atoms with E-state index in [1.165, 1.54) is 16.3 Å². The fourth-order valence-corrected chi connectivity index (χ4v) is 2.71. The van der Waals surface area contributed by atoms with Crippen molar-refractivity contribution in [1.82, 2.24) is 0 Å². The number of ketones is 1. The second-order valence-electron chi connectivity index (χ2n) is 5.08. The largest absolute Gasteiger partial charge is 0.294 e. The van der Waals surface area contributed by atoms with Crippen molar-refractivity contribution in [2.24, 2.45) is 0 Å². The zero-order valence-corrected chi connectivity index (χ0v) is 11.7. The molecule has 0 N–H and O–H groups in total. The van der Waals surface area contributed by atoms with E-state index in [1.807, 2.05) is 30.3 Å². The predicted octanol–water partition coefficient (Wildman–Crippen LogP) is 5.02. The molecule has 0 heterocycles. The molecule has 0 aliphatic rings. The van der Waals surface area contributed by atoms with Gasteiger partial charge in [0.15, 0.2) is 5.78 Å². The van der Waals surface area contributed by atoms with Gasteiger partial charge in [-0.3, -0.25) is 4.79 Å². The van der Waals surface area contributed by atoms with E-state index in [9.17, 15) is 4.79 Å². The lowest BCUT2D eigenvalue weighted by molar-refractivity contribution is 0.101. The Morgan fingerprint density at radius 2 is 1.40 bits per heavy atom. The summed E-state index contributed by atoms with van der Waals surface area (Å²) in [6, 6.07) is 20.4. The standard InChI is InChI=1S/C19H16O/c1-13-11-12-19(17-9-5-3-7-15(13)17)18-10-6-4-8-16(18)14(2)20/h3-12H,1-2H3. The summed E-state index contributed by atoms with van der Waals surface area (Å²) in [6.07, 6.45) is 0. The van der Waals surface area contributed by atoms with Crippen LogP contribution in [0.2, 0.25) is 0 Å². The Morgan fingerprint density at radius 3 is 2.15 bits per heavy atom. The van der Waals surface area contributed by atoms with Gasteiger partial charge in [-0.15, -0.1) is 0 Å². The van der Waals surface area contributed by atoms with Crippen LogP contribution in [0.25, 0.3) is 21.9 Å². The molecule has 3 aromatic carbocycles. The van der Waals surface area contributed by atoms with E-state index in [0.29, 0.717) is 0 Å². The third-order valence-corrected chi connectivity index (χ3v) is 3.74. The first-order valence-electron chi connectivity index (χ1n) is 6.77. The highest BCUT2D eigenvalue weighted by atomic mass is 16.1. The van der Waals surface area contributed by atoms with Crippen LogP contribution < -0.4 is 0 Å². The SMILES string of the molecule is CC(=O)c1ccccc1-c1ccc(C)c2ccccc12. The topological polar surface area (TPSA) is 17.1 Å². The molecule has 3 aromatic rings. The van der Waals surface area contributed by atoms with Crippen LogP contribution in [-0.2, 0) is 0 Å². The first kappa shape index (κ1) is 12.6. The molecule has 0 saturated carbocycles. The fourth-order valence-electron chi connectivity index (χ4n) is 2.71. The first-order valence-corrected chi connectivity index (χ1v) is 6.77. The van der Waals surface area contributed by atoms with Crippen LogP contribution in [0, 0.1) is 6.92 Å². The monoisotopic (exact) mass is 260 g/mol. The number of hydrogen-bond acceptors (Lipinski definition) is 1. The molecule has 20 heavy (non-hydrogen) atoms. The number of carbonyl (C=O) groups is 1. The van der Waals surface area contributed by atoms with E-state index in [-0.39, 0.29) is 5.78 Å². The lowest BCUT2D eigenvalue weighted by Crippen LogP contribution is -1.96. The third kappa shape index (κ3) is 2.01. The van der Waals surface area contributed by atoms with Crippen LogP contribution >= 0.6 is 0 Å². The highest BCUT2D eigenvalue weighted by Gasteiger charge is 2.11. The summed E-state index contributed by atoms with van der Waals surface area (Å²) in [4.78, 5) is 11.8. The maximum absolute atomic E-state index is 11.8. The molecule has 1 nitrogen and oxygen atoms in total. The van der Waals surface area contributed by atoms with Gasteiger partial charge in [-0.2, -0.15) is 0 Å². The van der Waals surface area contributed by atoms with E-state index in [0.717, 1.165) is 16.7 Å². The summed E-state index contributed by atoms with van der Waals surface area (Å²) in [6.45, 7) is 3.73. The number of fused-ring (bicyclic) bond motifs is 1. The van der Waals surface area contributed by atoms with Crippen molar-refractivity contribution in [2.75, 3.05) is 0 Å². The molecule has 0 fully saturated rings. The summed E-state index contributed by atoms with van der Waals surface area (Å²) in [5.74, 6) is 0.102. The van der Waals surface area contributed by atoms with Crippen LogP contribution in [0.15, 0.2) is 60.7 Å². The molecule has 0 radical (unpaired) electrons. The molecule has 0 amide bonds. The Bertz CT molecular complexity index is 800. The molecule has 0 aliphatic carbocycles. The summed E-state index contributed by atoms with van der Waals surface area (Å²) in [5, 5.41) is 2.43. The van der Waals surface area contributed by atoms with Crippen LogP contribution in [0.3, 0.4) is 0 Å². The Hall–Kier alpha value is -2.41. The van der Waals surface area contributed by atoms with Gasteiger partial charge in [0, 0.05) is 5.56 Å². The number of benzene rings is 3. The summed E-state index contributed by atoms with van der Waals surface area (Å²) >= 11 is 0. The van der Waals surface area contributed by atoms with Gasteiger partial charge >= 0.3 is 0 Å². The van der Waals surface area contributed by atoms with Crippen molar-refractivity contribution >= 4 is 16.6 Å². The molecule has 0 aliphatic heterocycles.